The van der Waals surface area contributed by atoms with Crippen molar-refractivity contribution in [3.05, 3.63) is 15.8 Å². The van der Waals surface area contributed by atoms with Crippen molar-refractivity contribution in [3.8, 4) is 0 Å². The van der Waals surface area contributed by atoms with Crippen molar-refractivity contribution in [1.29, 1.82) is 0 Å². The molecule has 0 aromatic carbocycles. The third-order valence-electron chi connectivity index (χ3n) is 3.27. The smallest absolute Gasteiger partial charge is 0.333 e. The molecule has 0 unspecified atom stereocenters. The van der Waals surface area contributed by atoms with Crippen LogP contribution in [0.1, 0.15) is 32.9 Å². The molecule has 1 rings (SSSR count). The predicted molar refractivity (Wildman–Crippen MR) is 80.0 cm³/mol. The van der Waals surface area contributed by atoms with E-state index in [0.29, 0.717) is 31.1 Å². The number of nitrogens with two attached hydrogens (primary N) is 1. The first kappa shape index (κ1) is 16.4. The summed E-state index contributed by atoms with van der Waals surface area (Å²) in [4.78, 5) is 12.8. The normalized spacial score (nSPS) is 11.7. The molecule has 0 atom stereocenters. The van der Waals surface area contributed by atoms with Crippen LogP contribution in [0.4, 0.5) is 11.5 Å². The summed E-state index contributed by atoms with van der Waals surface area (Å²) < 4.78 is 1.72. The molecule has 7 heteroatoms. The lowest BCUT2D eigenvalue weighted by atomic mass is 9.93. The van der Waals surface area contributed by atoms with Crippen molar-refractivity contribution < 1.29 is 4.92 Å². The van der Waals surface area contributed by atoms with Crippen LogP contribution in [0.3, 0.4) is 0 Å². The van der Waals surface area contributed by atoms with E-state index in [1.807, 2.05) is 32.7 Å². The van der Waals surface area contributed by atoms with Crippen LogP contribution in [0.15, 0.2) is 0 Å². The van der Waals surface area contributed by atoms with Gasteiger partial charge in [0.25, 0.3) is 0 Å². The predicted octanol–water partition coefficient (Wildman–Crippen LogP) is 1.93. The number of aromatic nitrogens is 2. The molecular weight excluding hydrogens is 258 g/mol. The van der Waals surface area contributed by atoms with E-state index < -0.39 is 0 Å². The van der Waals surface area contributed by atoms with Crippen LogP contribution in [0.25, 0.3) is 0 Å². The zero-order valence-electron chi connectivity index (χ0n) is 13.0. The van der Waals surface area contributed by atoms with Crippen molar-refractivity contribution >= 4 is 11.5 Å². The van der Waals surface area contributed by atoms with Gasteiger partial charge in [-0.2, -0.15) is 5.10 Å². The number of hydrogen-bond acceptors (Lipinski definition) is 5. The van der Waals surface area contributed by atoms with E-state index in [0.717, 1.165) is 6.42 Å². The van der Waals surface area contributed by atoms with E-state index >= 15 is 0 Å². The average Bonchev–Trinajstić information content (AvgIpc) is 2.66. The Morgan fingerprint density at radius 1 is 1.50 bits per heavy atom. The lowest BCUT2D eigenvalue weighted by Gasteiger charge is -2.30. The second-order valence-electron chi connectivity index (χ2n) is 5.96. The van der Waals surface area contributed by atoms with Crippen molar-refractivity contribution in [2.45, 2.75) is 40.7 Å². The lowest BCUT2D eigenvalue weighted by Crippen LogP contribution is -2.37. The minimum atomic E-state index is -0.351. The van der Waals surface area contributed by atoms with Crippen LogP contribution < -0.4 is 10.6 Å². The van der Waals surface area contributed by atoms with Crippen molar-refractivity contribution in [3.63, 3.8) is 0 Å². The zero-order chi connectivity index (χ0) is 15.5. The monoisotopic (exact) mass is 283 g/mol. The molecule has 1 heterocycles. The van der Waals surface area contributed by atoms with E-state index in [-0.39, 0.29) is 16.0 Å². The van der Waals surface area contributed by atoms with Gasteiger partial charge in [0, 0.05) is 20.1 Å². The second kappa shape index (κ2) is 6.21. The third kappa shape index (κ3) is 3.47. The average molecular weight is 283 g/mol. The minimum absolute atomic E-state index is 0.0915. The first-order valence-electron chi connectivity index (χ1n) is 6.86. The fourth-order valence-corrected chi connectivity index (χ4v) is 2.30. The van der Waals surface area contributed by atoms with Crippen molar-refractivity contribution in [2.75, 3.05) is 25.0 Å². The highest BCUT2D eigenvalue weighted by atomic mass is 16.6. The van der Waals surface area contributed by atoms with Crippen LogP contribution in [-0.2, 0) is 6.54 Å². The number of nitro groups is 1. The maximum atomic E-state index is 11.3. The van der Waals surface area contributed by atoms with Crippen LogP contribution >= 0.6 is 0 Å². The Bertz CT molecular complexity index is 481. The van der Waals surface area contributed by atoms with Gasteiger partial charge in [0.2, 0.25) is 5.82 Å². The van der Waals surface area contributed by atoms with Gasteiger partial charge in [-0.3, -0.25) is 10.1 Å². The van der Waals surface area contributed by atoms with Gasteiger partial charge in [-0.05, 0) is 25.3 Å². The van der Waals surface area contributed by atoms with Crippen molar-refractivity contribution in [2.24, 2.45) is 11.1 Å². The summed E-state index contributed by atoms with van der Waals surface area (Å²) in [6, 6.07) is 0. The summed E-state index contributed by atoms with van der Waals surface area (Å²) >= 11 is 0. The minimum Gasteiger partial charge on any atom is -0.354 e. The third-order valence-corrected chi connectivity index (χ3v) is 3.27. The lowest BCUT2D eigenvalue weighted by molar-refractivity contribution is -0.384. The van der Waals surface area contributed by atoms with Gasteiger partial charge in [0.05, 0.1) is 4.92 Å². The molecule has 0 saturated heterocycles. The van der Waals surface area contributed by atoms with E-state index in [9.17, 15) is 10.1 Å². The molecule has 0 bridgehead atoms. The molecule has 2 N–H and O–H groups in total. The SMILES string of the molecule is CCCn1nc(C)c([N+](=O)[O-])c1N(C)CC(C)(C)CN. The molecule has 0 aliphatic rings. The van der Waals surface area contributed by atoms with Crippen LogP contribution in [0.5, 0.6) is 0 Å². The fourth-order valence-electron chi connectivity index (χ4n) is 2.30. The first-order chi connectivity index (χ1) is 9.23. The Kier molecular flexibility index (Phi) is 5.10. The summed E-state index contributed by atoms with van der Waals surface area (Å²) in [6.45, 7) is 9.61. The molecule has 0 amide bonds. The topological polar surface area (TPSA) is 90.2 Å². The van der Waals surface area contributed by atoms with Gasteiger partial charge >= 0.3 is 5.69 Å². The van der Waals surface area contributed by atoms with Crippen molar-refractivity contribution in [1.82, 2.24) is 9.78 Å². The zero-order valence-corrected chi connectivity index (χ0v) is 13.0. The van der Waals surface area contributed by atoms with E-state index in [1.165, 1.54) is 0 Å². The molecule has 114 valence electrons. The molecule has 0 radical (unpaired) electrons. The molecule has 0 aliphatic heterocycles. The molecule has 0 fully saturated rings. The first-order valence-corrected chi connectivity index (χ1v) is 6.86. The highest BCUT2D eigenvalue weighted by molar-refractivity contribution is 5.61. The number of aryl methyl sites for hydroxylation is 2. The van der Waals surface area contributed by atoms with Gasteiger partial charge in [-0.25, -0.2) is 4.68 Å². The molecule has 1 aromatic rings. The molecule has 0 saturated carbocycles. The number of nitrogens with zero attached hydrogens (tertiary/aromatic N) is 4. The van der Waals surface area contributed by atoms with Gasteiger partial charge in [0.15, 0.2) is 0 Å². The summed E-state index contributed by atoms with van der Waals surface area (Å²) in [5.41, 5.74) is 6.18. The van der Waals surface area contributed by atoms with Gasteiger partial charge in [0.1, 0.15) is 5.69 Å². The molecule has 0 spiro atoms. The molecule has 20 heavy (non-hydrogen) atoms. The Balaban J connectivity index is 3.22. The van der Waals surface area contributed by atoms with Gasteiger partial charge < -0.3 is 10.6 Å². The molecule has 1 aromatic heterocycles. The summed E-state index contributed by atoms with van der Waals surface area (Å²) in [6.07, 6.45) is 0.874. The largest absolute Gasteiger partial charge is 0.354 e. The van der Waals surface area contributed by atoms with E-state index in [1.54, 1.807) is 11.6 Å². The number of anilines is 1. The number of rotatable bonds is 7. The maximum absolute atomic E-state index is 11.3. The molecular formula is C13H25N5O2. The quantitative estimate of drug-likeness (QED) is 0.610. The standard InChI is InChI=1S/C13H25N5O2/c1-6-7-17-12(11(18(19)20)10(2)15-17)16(5)9-13(3,4)8-14/h6-9,14H2,1-5H3. The van der Waals surface area contributed by atoms with Crippen LogP contribution in [0.2, 0.25) is 0 Å². The van der Waals surface area contributed by atoms with Gasteiger partial charge in [-0.15, -0.1) is 0 Å². The van der Waals surface area contributed by atoms with Crippen LogP contribution in [-0.4, -0.2) is 34.8 Å². The Morgan fingerprint density at radius 3 is 2.55 bits per heavy atom. The molecule has 0 aliphatic carbocycles. The highest BCUT2D eigenvalue weighted by Gasteiger charge is 2.30. The maximum Gasteiger partial charge on any atom is 0.333 e. The number of hydrogen-bond donors (Lipinski definition) is 1. The fraction of sp³-hybridized carbons (Fsp3) is 0.769. The van der Waals surface area contributed by atoms with E-state index in [2.05, 4.69) is 5.10 Å². The Labute approximate surface area is 119 Å². The Morgan fingerprint density at radius 2 is 2.10 bits per heavy atom. The summed E-state index contributed by atoms with van der Waals surface area (Å²) in [7, 11) is 1.85. The van der Waals surface area contributed by atoms with E-state index in [4.69, 9.17) is 5.73 Å². The summed E-state index contributed by atoms with van der Waals surface area (Å²) in [5, 5.41) is 15.6. The molecule has 7 nitrogen and oxygen atoms in total. The van der Waals surface area contributed by atoms with Crippen LogP contribution in [0, 0.1) is 22.5 Å². The second-order valence-corrected chi connectivity index (χ2v) is 5.96. The Hall–Kier alpha value is -1.63. The highest BCUT2D eigenvalue weighted by Crippen LogP contribution is 2.32. The van der Waals surface area contributed by atoms with Gasteiger partial charge in [-0.1, -0.05) is 20.8 Å². The summed E-state index contributed by atoms with van der Waals surface area (Å²) in [5.74, 6) is 0.566.